The monoisotopic (exact) mass is 433 g/mol. The van der Waals surface area contributed by atoms with E-state index in [1.807, 2.05) is 29.2 Å². The summed E-state index contributed by atoms with van der Waals surface area (Å²) in [6.07, 6.45) is 2.50. The molecule has 1 amide bonds. The molecule has 1 fully saturated rings. The number of hydrogen-bond donors (Lipinski definition) is 0. The van der Waals surface area contributed by atoms with Crippen LogP contribution in [-0.2, 0) is 13.0 Å². The molecule has 2 aliphatic rings. The van der Waals surface area contributed by atoms with Gasteiger partial charge in [0, 0.05) is 42.6 Å². The Balaban J connectivity index is 1.34. The fraction of sp³-hybridized carbons (Fsp3) is 0.421. The predicted molar refractivity (Wildman–Crippen MR) is 105 cm³/mol. The summed E-state index contributed by atoms with van der Waals surface area (Å²) in [5.74, 6) is 0.340. The van der Waals surface area contributed by atoms with Gasteiger partial charge in [0.15, 0.2) is 5.78 Å². The molecule has 0 radical (unpaired) electrons. The summed E-state index contributed by atoms with van der Waals surface area (Å²) >= 11 is 4.95. The van der Waals surface area contributed by atoms with Gasteiger partial charge in [-0.2, -0.15) is 0 Å². The number of amides is 1. The van der Waals surface area contributed by atoms with Gasteiger partial charge in [-0.25, -0.2) is 4.98 Å². The second-order valence-corrected chi connectivity index (χ2v) is 8.73. The number of carbonyl (C=O) groups is 2. The Hall–Kier alpha value is -1.57. The van der Waals surface area contributed by atoms with Crippen LogP contribution in [0.5, 0.6) is 0 Å². The highest BCUT2D eigenvalue weighted by Crippen LogP contribution is 2.27. The van der Waals surface area contributed by atoms with Crippen molar-refractivity contribution in [2.45, 2.75) is 25.8 Å². The van der Waals surface area contributed by atoms with Crippen LogP contribution < -0.4 is 0 Å². The van der Waals surface area contributed by atoms with E-state index >= 15 is 0 Å². The van der Waals surface area contributed by atoms with Crippen molar-refractivity contribution < 1.29 is 9.59 Å². The molecule has 4 rings (SSSR count). The number of halogens is 1. The van der Waals surface area contributed by atoms with E-state index in [1.54, 1.807) is 11.3 Å². The minimum atomic E-state index is 0.0902. The van der Waals surface area contributed by atoms with Gasteiger partial charge in [-0.05, 0) is 37.1 Å². The summed E-state index contributed by atoms with van der Waals surface area (Å²) in [6.45, 7) is 3.88. The van der Waals surface area contributed by atoms with Gasteiger partial charge in [-0.15, -0.1) is 11.3 Å². The van der Waals surface area contributed by atoms with Crippen LogP contribution in [-0.4, -0.2) is 52.7 Å². The van der Waals surface area contributed by atoms with Gasteiger partial charge in [0.2, 0.25) is 0 Å². The Labute approximate surface area is 165 Å². The van der Waals surface area contributed by atoms with Crippen LogP contribution in [0.15, 0.2) is 28.7 Å². The number of Topliss-reactive ketones (excluding diaryl/α,β-unsaturated/α-hetero) is 1. The van der Waals surface area contributed by atoms with E-state index in [2.05, 4.69) is 25.8 Å². The van der Waals surface area contributed by atoms with Gasteiger partial charge >= 0.3 is 0 Å². The number of fused-ring (bicyclic) bond motifs is 1. The quantitative estimate of drug-likeness (QED) is 0.744. The molecule has 1 aliphatic carbocycles. The number of aryl methyl sites for hydroxylation is 1. The Bertz CT molecular complexity index is 826. The number of ketones is 1. The van der Waals surface area contributed by atoms with E-state index in [4.69, 9.17) is 0 Å². The lowest BCUT2D eigenvalue weighted by Crippen LogP contribution is -2.48. The number of benzene rings is 1. The summed E-state index contributed by atoms with van der Waals surface area (Å²) in [7, 11) is 0. The Morgan fingerprint density at radius 3 is 2.54 bits per heavy atom. The van der Waals surface area contributed by atoms with Gasteiger partial charge in [0.05, 0.1) is 17.1 Å². The summed E-state index contributed by atoms with van der Waals surface area (Å²) in [5, 5.41) is 1.03. The van der Waals surface area contributed by atoms with Crippen LogP contribution in [0.2, 0.25) is 0 Å². The third-order valence-electron chi connectivity index (χ3n) is 4.92. The Morgan fingerprint density at radius 1 is 1.12 bits per heavy atom. The first-order valence-corrected chi connectivity index (χ1v) is 10.5. The molecule has 1 aromatic carbocycles. The number of rotatable bonds is 3. The summed E-state index contributed by atoms with van der Waals surface area (Å²) in [6, 6.07) is 7.51. The Kier molecular flexibility index (Phi) is 5.20. The van der Waals surface area contributed by atoms with Crippen LogP contribution in [0.25, 0.3) is 0 Å². The zero-order valence-electron chi connectivity index (χ0n) is 14.4. The average Bonchev–Trinajstić information content (AvgIpc) is 3.06. The number of aromatic nitrogens is 1. The van der Waals surface area contributed by atoms with Crippen molar-refractivity contribution in [3.05, 3.63) is 49.9 Å². The smallest absolute Gasteiger partial charge is 0.253 e. The number of carbonyl (C=O) groups excluding carboxylic acids is 2. The van der Waals surface area contributed by atoms with Gasteiger partial charge < -0.3 is 4.90 Å². The largest absolute Gasteiger partial charge is 0.336 e. The SMILES string of the molecule is O=C1CCCc2nc(CN3CCN(C(=O)c4ccc(Br)cc4)CC3)sc21. The molecular weight excluding hydrogens is 414 g/mol. The van der Waals surface area contributed by atoms with Gasteiger partial charge in [0.1, 0.15) is 5.01 Å². The first-order chi connectivity index (χ1) is 12.6. The van der Waals surface area contributed by atoms with E-state index in [0.29, 0.717) is 6.42 Å². The minimum absolute atomic E-state index is 0.0902. The van der Waals surface area contributed by atoms with Gasteiger partial charge in [-0.1, -0.05) is 15.9 Å². The van der Waals surface area contributed by atoms with Crippen molar-refractivity contribution in [3.63, 3.8) is 0 Å². The van der Waals surface area contributed by atoms with Crippen LogP contribution in [0.3, 0.4) is 0 Å². The molecule has 0 N–H and O–H groups in total. The maximum atomic E-state index is 12.6. The summed E-state index contributed by atoms with van der Waals surface area (Å²) in [4.78, 5) is 34.3. The maximum absolute atomic E-state index is 12.6. The third kappa shape index (κ3) is 3.75. The first kappa shape index (κ1) is 17.8. The number of hydrogen-bond acceptors (Lipinski definition) is 5. The zero-order chi connectivity index (χ0) is 18.1. The van der Waals surface area contributed by atoms with Crippen molar-refractivity contribution in [1.82, 2.24) is 14.8 Å². The van der Waals surface area contributed by atoms with Gasteiger partial charge in [-0.3, -0.25) is 14.5 Å². The Morgan fingerprint density at radius 2 is 1.85 bits per heavy atom. The molecule has 0 atom stereocenters. The number of nitrogens with zero attached hydrogens (tertiary/aromatic N) is 3. The van der Waals surface area contributed by atoms with Crippen molar-refractivity contribution in [1.29, 1.82) is 0 Å². The van der Waals surface area contributed by atoms with Gasteiger partial charge in [0.25, 0.3) is 5.91 Å². The molecule has 2 heterocycles. The molecular formula is C19H20BrN3O2S. The summed E-state index contributed by atoms with van der Waals surface area (Å²) < 4.78 is 0.975. The van der Waals surface area contributed by atoms with Crippen LogP contribution in [0.1, 0.15) is 43.6 Å². The maximum Gasteiger partial charge on any atom is 0.253 e. The fourth-order valence-electron chi connectivity index (χ4n) is 3.46. The molecule has 1 saturated heterocycles. The predicted octanol–water partition coefficient (Wildman–Crippen LogP) is 3.38. The molecule has 2 aromatic rings. The lowest BCUT2D eigenvalue weighted by Gasteiger charge is -2.34. The molecule has 136 valence electrons. The number of thiazole rings is 1. The fourth-order valence-corrected chi connectivity index (χ4v) is 4.85. The molecule has 26 heavy (non-hydrogen) atoms. The molecule has 1 aromatic heterocycles. The van der Waals surface area contributed by atoms with Crippen LogP contribution in [0.4, 0.5) is 0 Å². The summed E-state index contributed by atoms with van der Waals surface area (Å²) in [5.41, 5.74) is 1.72. The van der Waals surface area contributed by atoms with Crippen molar-refractivity contribution in [3.8, 4) is 0 Å². The van der Waals surface area contributed by atoms with Crippen molar-refractivity contribution in [2.75, 3.05) is 26.2 Å². The van der Waals surface area contributed by atoms with Crippen LogP contribution >= 0.6 is 27.3 Å². The zero-order valence-corrected chi connectivity index (χ0v) is 16.8. The first-order valence-electron chi connectivity index (χ1n) is 8.89. The van der Waals surface area contributed by atoms with E-state index < -0.39 is 0 Å². The molecule has 7 heteroatoms. The molecule has 0 saturated carbocycles. The average molecular weight is 434 g/mol. The van der Waals surface area contributed by atoms with E-state index in [1.165, 1.54) is 0 Å². The lowest BCUT2D eigenvalue weighted by molar-refractivity contribution is 0.0628. The minimum Gasteiger partial charge on any atom is -0.336 e. The van der Waals surface area contributed by atoms with E-state index in [9.17, 15) is 9.59 Å². The molecule has 0 unspecified atom stereocenters. The molecule has 1 aliphatic heterocycles. The second-order valence-electron chi connectivity index (χ2n) is 6.74. The third-order valence-corrected chi connectivity index (χ3v) is 6.57. The second kappa shape index (κ2) is 7.58. The standard InChI is InChI=1S/C19H20BrN3O2S/c20-14-6-4-13(5-7-14)19(25)23-10-8-22(9-11-23)12-17-21-15-2-1-3-16(24)18(15)26-17/h4-7H,1-3,8-12H2. The number of piperazine rings is 1. The molecule has 5 nitrogen and oxygen atoms in total. The molecule has 0 bridgehead atoms. The highest BCUT2D eigenvalue weighted by molar-refractivity contribution is 9.10. The lowest BCUT2D eigenvalue weighted by atomic mass is 10.0. The van der Waals surface area contributed by atoms with Crippen molar-refractivity contribution >= 4 is 39.0 Å². The van der Waals surface area contributed by atoms with Crippen molar-refractivity contribution in [2.24, 2.45) is 0 Å². The normalized spacial score (nSPS) is 18.0. The van der Waals surface area contributed by atoms with E-state index in [0.717, 1.165) is 71.2 Å². The topological polar surface area (TPSA) is 53.5 Å². The van der Waals surface area contributed by atoms with E-state index in [-0.39, 0.29) is 11.7 Å². The highest BCUT2D eigenvalue weighted by atomic mass is 79.9. The highest BCUT2D eigenvalue weighted by Gasteiger charge is 2.25. The van der Waals surface area contributed by atoms with Crippen LogP contribution in [0, 0.1) is 0 Å². The molecule has 0 spiro atoms.